The lowest BCUT2D eigenvalue weighted by atomic mass is 10.1. The number of nitrogens with zero attached hydrogens (tertiary/aromatic N) is 4. The van der Waals surface area contributed by atoms with Crippen LogP contribution in [0.25, 0.3) is 0 Å². The Morgan fingerprint density at radius 1 is 1.00 bits per heavy atom. The molecular weight excluding hydrogens is 460 g/mol. The predicted octanol–water partition coefficient (Wildman–Crippen LogP) is 4.98. The van der Waals surface area contributed by atoms with Crippen molar-refractivity contribution in [1.82, 2.24) is 14.8 Å². The zero-order chi connectivity index (χ0) is 23.1. The van der Waals surface area contributed by atoms with Crippen molar-refractivity contribution in [1.29, 1.82) is 0 Å². The molecule has 1 aromatic heterocycles. The molecule has 0 radical (unpaired) electrons. The van der Waals surface area contributed by atoms with E-state index in [1.54, 1.807) is 0 Å². The highest BCUT2D eigenvalue weighted by molar-refractivity contribution is 7.99. The summed E-state index contributed by atoms with van der Waals surface area (Å²) < 4.78 is 79.9. The van der Waals surface area contributed by atoms with Crippen LogP contribution in [-0.2, 0) is 17.1 Å². The number of thioether (sulfide) groups is 1. The summed E-state index contributed by atoms with van der Waals surface area (Å²) in [5.41, 5.74) is -3.54. The number of carbonyl (C=O) groups is 1. The van der Waals surface area contributed by atoms with Crippen molar-refractivity contribution in [2.75, 3.05) is 29.1 Å². The van der Waals surface area contributed by atoms with E-state index in [-0.39, 0.29) is 17.9 Å². The molecule has 1 aliphatic heterocycles. The first-order valence-corrected chi connectivity index (χ1v) is 10.9. The van der Waals surface area contributed by atoms with Gasteiger partial charge in [-0.1, -0.05) is 11.8 Å². The average Bonchev–Trinajstić information content (AvgIpc) is 3.22. The third-order valence-corrected chi connectivity index (χ3v) is 6.09. The first-order chi connectivity index (χ1) is 15.0. The summed E-state index contributed by atoms with van der Waals surface area (Å²) >= 11 is 1.05. The molecular formula is C19H19F6N5OS. The van der Waals surface area contributed by atoms with E-state index >= 15 is 0 Å². The van der Waals surface area contributed by atoms with Crippen LogP contribution in [0.3, 0.4) is 0 Å². The molecule has 32 heavy (non-hydrogen) atoms. The Morgan fingerprint density at radius 3 is 2.12 bits per heavy atom. The smallest absolute Gasteiger partial charge is 0.341 e. The number of nitrogens with one attached hydrogen (secondary N) is 1. The lowest BCUT2D eigenvalue weighted by Gasteiger charge is -2.18. The standard InChI is InChI=1S/C19H19F6N5OS/c20-18(21,22)11-7-12(19(23,24)25)9-13(8-11)26-15(31)10-32-17-28-27-16(29-5-1-2-6-29)30(17)14-3-4-14/h7-9,14H,1-6,10H2,(H,26,31). The quantitative estimate of drug-likeness (QED) is 0.468. The second-order valence-corrected chi connectivity index (χ2v) is 8.65. The third-order valence-electron chi connectivity index (χ3n) is 5.15. The number of anilines is 2. The van der Waals surface area contributed by atoms with E-state index in [0.717, 1.165) is 56.5 Å². The lowest BCUT2D eigenvalue weighted by Crippen LogP contribution is -2.22. The van der Waals surface area contributed by atoms with Crippen LogP contribution in [0.1, 0.15) is 42.9 Å². The number of benzene rings is 1. The second-order valence-electron chi connectivity index (χ2n) is 7.71. The summed E-state index contributed by atoms with van der Waals surface area (Å²) in [6, 6.07) is 1.22. The maximum Gasteiger partial charge on any atom is 0.416 e. The van der Waals surface area contributed by atoms with E-state index in [0.29, 0.717) is 17.3 Å². The number of rotatable bonds is 6. The van der Waals surface area contributed by atoms with Crippen LogP contribution in [-0.4, -0.2) is 39.5 Å². The molecule has 4 rings (SSSR count). The van der Waals surface area contributed by atoms with Gasteiger partial charge in [-0.25, -0.2) is 0 Å². The zero-order valence-electron chi connectivity index (χ0n) is 16.6. The number of hydrogen-bond donors (Lipinski definition) is 1. The molecule has 174 valence electrons. The molecule has 1 N–H and O–H groups in total. The minimum Gasteiger partial charge on any atom is -0.341 e. The van der Waals surface area contributed by atoms with E-state index in [1.165, 1.54) is 0 Å². The molecule has 13 heteroatoms. The van der Waals surface area contributed by atoms with Crippen LogP contribution < -0.4 is 10.2 Å². The van der Waals surface area contributed by atoms with E-state index in [4.69, 9.17) is 0 Å². The highest BCUT2D eigenvalue weighted by Gasteiger charge is 2.37. The molecule has 1 saturated heterocycles. The van der Waals surface area contributed by atoms with Gasteiger partial charge in [0.15, 0.2) is 5.16 Å². The molecule has 0 unspecified atom stereocenters. The molecule has 0 bridgehead atoms. The van der Waals surface area contributed by atoms with Crippen LogP contribution >= 0.6 is 11.8 Å². The summed E-state index contributed by atoms with van der Waals surface area (Å²) in [6.07, 6.45) is -5.94. The normalized spacial score (nSPS) is 17.1. The summed E-state index contributed by atoms with van der Waals surface area (Å²) in [5.74, 6) is -0.237. The Hall–Kier alpha value is -2.44. The van der Waals surface area contributed by atoms with Crippen molar-refractivity contribution in [3.8, 4) is 0 Å². The fourth-order valence-electron chi connectivity index (χ4n) is 3.51. The topological polar surface area (TPSA) is 63.1 Å². The van der Waals surface area contributed by atoms with Gasteiger partial charge in [-0.15, -0.1) is 10.2 Å². The summed E-state index contributed by atoms with van der Waals surface area (Å²) in [7, 11) is 0. The molecule has 0 atom stereocenters. The maximum absolute atomic E-state index is 13.0. The van der Waals surface area contributed by atoms with Crippen LogP contribution in [0, 0.1) is 0 Å². The first-order valence-electron chi connectivity index (χ1n) is 9.94. The third kappa shape index (κ3) is 5.13. The monoisotopic (exact) mass is 479 g/mol. The highest BCUT2D eigenvalue weighted by atomic mass is 32.2. The van der Waals surface area contributed by atoms with Crippen molar-refractivity contribution >= 4 is 29.3 Å². The lowest BCUT2D eigenvalue weighted by molar-refractivity contribution is -0.143. The van der Waals surface area contributed by atoms with Crippen molar-refractivity contribution < 1.29 is 31.1 Å². The van der Waals surface area contributed by atoms with Gasteiger partial charge < -0.3 is 10.2 Å². The largest absolute Gasteiger partial charge is 0.416 e. The molecule has 2 heterocycles. The van der Waals surface area contributed by atoms with E-state index in [9.17, 15) is 31.1 Å². The molecule has 1 aromatic carbocycles. The number of aromatic nitrogens is 3. The van der Waals surface area contributed by atoms with E-state index in [2.05, 4.69) is 20.4 Å². The molecule has 2 aromatic rings. The van der Waals surface area contributed by atoms with Crippen LogP contribution in [0.4, 0.5) is 38.0 Å². The SMILES string of the molecule is O=C(CSc1nnc(N2CCCC2)n1C1CC1)Nc1cc(C(F)(F)F)cc(C(F)(F)F)c1. The fraction of sp³-hybridized carbons (Fsp3) is 0.526. The van der Waals surface area contributed by atoms with Gasteiger partial charge >= 0.3 is 12.4 Å². The van der Waals surface area contributed by atoms with Gasteiger partial charge in [0.25, 0.3) is 0 Å². The molecule has 2 aliphatic rings. The maximum atomic E-state index is 13.0. The van der Waals surface area contributed by atoms with Gasteiger partial charge in [-0.2, -0.15) is 26.3 Å². The van der Waals surface area contributed by atoms with Crippen LogP contribution in [0.5, 0.6) is 0 Å². The number of amides is 1. The molecule has 2 fully saturated rings. The Kier molecular flexibility index (Phi) is 6.03. The van der Waals surface area contributed by atoms with Crippen molar-refractivity contribution in [3.63, 3.8) is 0 Å². The Morgan fingerprint density at radius 2 is 1.59 bits per heavy atom. The van der Waals surface area contributed by atoms with E-state index in [1.807, 2.05) is 4.57 Å². The summed E-state index contributed by atoms with van der Waals surface area (Å²) in [5, 5.41) is 11.0. The van der Waals surface area contributed by atoms with Crippen molar-refractivity contribution in [2.45, 2.75) is 49.2 Å². The van der Waals surface area contributed by atoms with Gasteiger partial charge in [0.05, 0.1) is 16.9 Å². The first kappa shape index (κ1) is 22.7. The number of alkyl halides is 6. The highest BCUT2D eigenvalue weighted by Crippen LogP contribution is 2.41. The minimum atomic E-state index is -4.98. The molecule has 1 saturated carbocycles. The predicted molar refractivity (Wildman–Crippen MR) is 106 cm³/mol. The van der Waals surface area contributed by atoms with Crippen LogP contribution in [0.2, 0.25) is 0 Å². The molecule has 1 amide bonds. The van der Waals surface area contributed by atoms with E-state index < -0.39 is 35.1 Å². The summed E-state index contributed by atoms with van der Waals surface area (Å²) in [6.45, 7) is 1.74. The van der Waals surface area contributed by atoms with Crippen LogP contribution in [0.15, 0.2) is 23.4 Å². The zero-order valence-corrected chi connectivity index (χ0v) is 17.4. The number of halogens is 6. The Balaban J connectivity index is 1.47. The van der Waals surface area contributed by atoms with Gasteiger partial charge in [0.1, 0.15) is 0 Å². The number of carbonyl (C=O) groups excluding carboxylic acids is 1. The minimum absolute atomic E-state index is 0.0163. The Bertz CT molecular complexity index is 963. The van der Waals surface area contributed by atoms with Gasteiger partial charge in [-0.3, -0.25) is 9.36 Å². The average molecular weight is 479 g/mol. The van der Waals surface area contributed by atoms with Crippen molar-refractivity contribution in [2.24, 2.45) is 0 Å². The molecule has 1 aliphatic carbocycles. The fourth-order valence-corrected chi connectivity index (χ4v) is 4.31. The van der Waals surface area contributed by atoms with Gasteiger partial charge in [0.2, 0.25) is 11.9 Å². The Labute approximate surface area is 183 Å². The van der Waals surface area contributed by atoms with Gasteiger partial charge in [0, 0.05) is 24.8 Å². The summed E-state index contributed by atoms with van der Waals surface area (Å²) in [4.78, 5) is 14.4. The van der Waals surface area contributed by atoms with Crippen molar-refractivity contribution in [3.05, 3.63) is 29.3 Å². The molecule has 6 nitrogen and oxygen atoms in total. The molecule has 0 spiro atoms. The number of hydrogen-bond acceptors (Lipinski definition) is 5. The van der Waals surface area contributed by atoms with Gasteiger partial charge in [-0.05, 0) is 43.9 Å². The second kappa shape index (κ2) is 8.49.